The molecule has 1 aromatic heterocycles. The first kappa shape index (κ1) is 19.0. The summed E-state index contributed by atoms with van der Waals surface area (Å²) < 4.78 is 9.69. The normalized spacial score (nSPS) is 21.4. The molecule has 1 aliphatic heterocycles. The smallest absolute Gasteiger partial charge is 0.410 e. The van der Waals surface area contributed by atoms with Gasteiger partial charge in [-0.25, -0.2) is 4.79 Å². The Balaban J connectivity index is 2.16. The Morgan fingerprint density at radius 2 is 2.04 bits per heavy atom. The number of ether oxygens (including phenoxy) is 1. The quantitative estimate of drug-likeness (QED) is 0.518. The van der Waals surface area contributed by atoms with Crippen LogP contribution in [0, 0.1) is 10.5 Å². The molecule has 5 nitrogen and oxygen atoms in total. The Morgan fingerprint density at radius 1 is 1.43 bits per heavy atom. The predicted molar refractivity (Wildman–Crippen MR) is 103 cm³/mol. The lowest BCUT2D eigenvalue weighted by molar-refractivity contribution is -0.0144. The van der Waals surface area contributed by atoms with Crippen molar-refractivity contribution in [3.63, 3.8) is 0 Å². The van der Waals surface area contributed by atoms with Crippen molar-refractivity contribution in [2.45, 2.75) is 71.6 Å². The lowest BCUT2D eigenvalue weighted by Crippen LogP contribution is -2.54. The molecule has 1 amide bonds. The zero-order valence-corrected chi connectivity index (χ0v) is 18.4. The van der Waals surface area contributed by atoms with Crippen molar-refractivity contribution in [3.8, 4) is 0 Å². The van der Waals surface area contributed by atoms with Gasteiger partial charge < -0.3 is 9.64 Å². The maximum atomic E-state index is 12.5. The third-order valence-corrected chi connectivity index (χ3v) is 6.74. The first-order valence-electron chi connectivity index (χ1n) is 7.83. The highest BCUT2D eigenvalue weighted by molar-refractivity contribution is 14.1. The highest BCUT2D eigenvalue weighted by Gasteiger charge is 2.40. The van der Waals surface area contributed by atoms with Crippen molar-refractivity contribution in [2.75, 3.05) is 6.54 Å². The van der Waals surface area contributed by atoms with Crippen LogP contribution in [0.25, 0.3) is 0 Å². The van der Waals surface area contributed by atoms with E-state index < -0.39 is 5.60 Å². The average molecular weight is 498 g/mol. The number of carbonyl (C=O) groups is 1. The van der Waals surface area contributed by atoms with Gasteiger partial charge in [0.05, 0.1) is 15.3 Å². The van der Waals surface area contributed by atoms with E-state index in [0.29, 0.717) is 12.6 Å². The summed E-state index contributed by atoms with van der Waals surface area (Å²) in [6, 6.07) is 0.295. The first-order valence-corrected chi connectivity index (χ1v) is 9.70. The minimum Gasteiger partial charge on any atom is -0.444 e. The zero-order chi connectivity index (χ0) is 17.6. The van der Waals surface area contributed by atoms with E-state index in [-0.39, 0.29) is 11.6 Å². The van der Waals surface area contributed by atoms with Crippen LogP contribution in [-0.4, -0.2) is 38.5 Å². The molecule has 0 spiro atoms. The molecule has 1 saturated heterocycles. The fourth-order valence-corrected chi connectivity index (χ4v) is 3.87. The standard InChI is InChI=1S/C16H25BrIN3O2/c1-10-12(18)13(17)19-21(10)11-7-8-20(16(5,6)9-11)14(22)23-15(2,3)4/h11H,7-9H2,1-6H3. The average Bonchev–Trinajstić information content (AvgIpc) is 2.63. The van der Waals surface area contributed by atoms with Crippen LogP contribution in [0.5, 0.6) is 0 Å². The summed E-state index contributed by atoms with van der Waals surface area (Å²) >= 11 is 5.82. The number of nitrogens with zero attached hydrogens (tertiary/aromatic N) is 3. The van der Waals surface area contributed by atoms with E-state index in [2.05, 4.69) is 69.1 Å². The first-order chi connectivity index (χ1) is 10.4. The predicted octanol–water partition coefficient (Wildman–Crippen LogP) is 4.91. The van der Waals surface area contributed by atoms with Gasteiger partial charge in [-0.3, -0.25) is 4.68 Å². The van der Waals surface area contributed by atoms with Crippen molar-refractivity contribution < 1.29 is 9.53 Å². The second-order valence-corrected chi connectivity index (χ2v) is 9.56. The maximum Gasteiger partial charge on any atom is 0.410 e. The van der Waals surface area contributed by atoms with Gasteiger partial charge in [-0.15, -0.1) is 0 Å². The summed E-state index contributed by atoms with van der Waals surface area (Å²) in [4.78, 5) is 14.3. The molecule has 0 bridgehead atoms. The summed E-state index contributed by atoms with van der Waals surface area (Å²) in [6.45, 7) is 12.7. The van der Waals surface area contributed by atoms with Crippen LogP contribution >= 0.6 is 38.5 Å². The number of carbonyl (C=O) groups excluding carboxylic acids is 1. The molecular formula is C16H25BrIN3O2. The van der Waals surface area contributed by atoms with Gasteiger partial charge >= 0.3 is 6.09 Å². The second kappa shape index (κ2) is 6.54. The van der Waals surface area contributed by atoms with E-state index in [1.807, 2.05) is 25.7 Å². The Morgan fingerprint density at radius 3 is 2.48 bits per heavy atom. The Hall–Kier alpha value is -0.310. The van der Waals surface area contributed by atoms with E-state index in [1.165, 1.54) is 5.69 Å². The van der Waals surface area contributed by atoms with E-state index in [4.69, 9.17) is 4.74 Å². The molecule has 7 heteroatoms. The summed E-state index contributed by atoms with van der Waals surface area (Å²) in [5.41, 5.74) is 0.439. The summed E-state index contributed by atoms with van der Waals surface area (Å²) in [6.07, 6.45) is 1.51. The SMILES string of the molecule is Cc1c(I)c(Br)nn1C1CCN(C(=O)OC(C)(C)C)C(C)(C)C1. The number of aromatic nitrogens is 2. The lowest BCUT2D eigenvalue weighted by Gasteiger charge is -2.45. The van der Waals surface area contributed by atoms with Crippen LogP contribution in [0.4, 0.5) is 4.79 Å². The molecule has 0 aromatic carbocycles. The van der Waals surface area contributed by atoms with Gasteiger partial charge in [0.15, 0.2) is 0 Å². The number of hydrogen-bond acceptors (Lipinski definition) is 3. The van der Waals surface area contributed by atoms with E-state index in [0.717, 1.165) is 21.0 Å². The molecule has 1 aliphatic rings. The number of halogens is 2. The molecule has 1 aromatic rings. The molecule has 1 fully saturated rings. The van der Waals surface area contributed by atoms with E-state index in [9.17, 15) is 4.79 Å². The highest BCUT2D eigenvalue weighted by Crippen LogP contribution is 2.37. The number of likely N-dealkylation sites (tertiary alicyclic amines) is 1. The summed E-state index contributed by atoms with van der Waals surface area (Å²) in [5.74, 6) is 0. The fraction of sp³-hybridized carbons (Fsp3) is 0.750. The van der Waals surface area contributed by atoms with E-state index >= 15 is 0 Å². The highest BCUT2D eigenvalue weighted by atomic mass is 127. The van der Waals surface area contributed by atoms with Crippen LogP contribution in [0.3, 0.4) is 0 Å². The maximum absolute atomic E-state index is 12.5. The molecule has 0 radical (unpaired) electrons. The van der Waals surface area contributed by atoms with Crippen LogP contribution in [0.2, 0.25) is 0 Å². The number of rotatable bonds is 1. The molecule has 2 rings (SSSR count). The van der Waals surface area contributed by atoms with Gasteiger partial charge in [-0.2, -0.15) is 5.10 Å². The van der Waals surface area contributed by atoms with Crippen molar-refractivity contribution in [1.82, 2.24) is 14.7 Å². The third kappa shape index (κ3) is 4.21. The molecule has 0 saturated carbocycles. The molecule has 1 atom stereocenters. The summed E-state index contributed by atoms with van der Waals surface area (Å²) in [7, 11) is 0. The number of piperidine rings is 1. The van der Waals surface area contributed by atoms with Crippen LogP contribution < -0.4 is 0 Å². The molecule has 0 aliphatic carbocycles. The number of amides is 1. The second-order valence-electron chi connectivity index (χ2n) is 7.73. The Labute approximate surface area is 160 Å². The van der Waals surface area contributed by atoms with Gasteiger partial charge in [-0.1, -0.05) is 0 Å². The van der Waals surface area contributed by atoms with Crippen molar-refractivity contribution in [3.05, 3.63) is 13.9 Å². The van der Waals surface area contributed by atoms with Crippen molar-refractivity contribution >= 4 is 44.6 Å². The Bertz CT molecular complexity index is 607. The van der Waals surface area contributed by atoms with Crippen LogP contribution in [0.1, 0.15) is 59.2 Å². The largest absolute Gasteiger partial charge is 0.444 e. The van der Waals surface area contributed by atoms with Gasteiger partial charge in [0.1, 0.15) is 10.2 Å². The minimum absolute atomic E-state index is 0.228. The van der Waals surface area contributed by atoms with Crippen LogP contribution in [-0.2, 0) is 4.74 Å². The van der Waals surface area contributed by atoms with Gasteiger partial charge in [0.2, 0.25) is 0 Å². The van der Waals surface area contributed by atoms with E-state index in [1.54, 1.807) is 0 Å². The number of hydrogen-bond donors (Lipinski definition) is 0. The summed E-state index contributed by atoms with van der Waals surface area (Å²) in [5, 5.41) is 4.62. The van der Waals surface area contributed by atoms with Crippen molar-refractivity contribution in [1.29, 1.82) is 0 Å². The van der Waals surface area contributed by atoms with Crippen LogP contribution in [0.15, 0.2) is 4.60 Å². The lowest BCUT2D eigenvalue weighted by atomic mass is 9.87. The van der Waals surface area contributed by atoms with Gasteiger partial charge in [0, 0.05) is 12.1 Å². The molecule has 23 heavy (non-hydrogen) atoms. The van der Waals surface area contributed by atoms with Crippen molar-refractivity contribution in [2.24, 2.45) is 0 Å². The topological polar surface area (TPSA) is 47.4 Å². The fourth-order valence-electron chi connectivity index (χ4n) is 3.05. The van der Waals surface area contributed by atoms with Gasteiger partial charge in [0.25, 0.3) is 0 Å². The molecule has 1 unspecified atom stereocenters. The minimum atomic E-state index is -0.469. The molecular weight excluding hydrogens is 473 g/mol. The monoisotopic (exact) mass is 497 g/mol. The Kier molecular flexibility index (Phi) is 5.41. The zero-order valence-electron chi connectivity index (χ0n) is 14.6. The molecule has 2 heterocycles. The van der Waals surface area contributed by atoms with Gasteiger partial charge in [-0.05, 0) is 92.9 Å². The third-order valence-electron chi connectivity index (χ3n) is 4.15. The molecule has 130 valence electrons. The molecule has 0 N–H and O–H groups in total.